The van der Waals surface area contributed by atoms with Gasteiger partial charge in [0.25, 0.3) is 5.91 Å². The quantitative estimate of drug-likeness (QED) is 0.557. The average Bonchev–Trinajstić information content (AvgIpc) is 2.47. The van der Waals surface area contributed by atoms with Crippen molar-refractivity contribution in [2.45, 2.75) is 6.54 Å². The van der Waals surface area contributed by atoms with E-state index in [9.17, 15) is 9.59 Å². The van der Waals surface area contributed by atoms with Gasteiger partial charge in [-0.3, -0.25) is 9.59 Å². The third-order valence-corrected chi connectivity index (χ3v) is 3.08. The molecule has 2 aromatic carbocycles. The molecular weight excluding hydrogens is 254 g/mol. The second kappa shape index (κ2) is 5.88. The zero-order valence-corrected chi connectivity index (χ0v) is 10.8. The molecule has 0 unspecified atom stereocenters. The Hall–Kier alpha value is -2.82. The predicted molar refractivity (Wildman–Crippen MR) is 77.6 cm³/mol. The van der Waals surface area contributed by atoms with Gasteiger partial charge in [-0.25, -0.2) is 0 Å². The first kappa shape index (κ1) is 13.6. The zero-order chi connectivity index (χ0) is 14.5. The van der Waals surface area contributed by atoms with Gasteiger partial charge >= 0.3 is 0 Å². The fraction of sp³-hybridized carbons (Fsp3) is 0.0667. The van der Waals surface area contributed by atoms with E-state index in [1.807, 2.05) is 30.3 Å². The van der Waals surface area contributed by atoms with Crippen LogP contribution in [-0.2, 0) is 11.3 Å². The number of primary amides is 1. The van der Waals surface area contributed by atoms with Gasteiger partial charge in [-0.15, -0.1) is 0 Å². The first-order valence-electron chi connectivity index (χ1n) is 6.08. The molecule has 2 aromatic rings. The largest absolute Gasteiger partial charge is 0.403 e. The molecule has 0 atom stereocenters. The zero-order valence-electron chi connectivity index (χ0n) is 10.8. The molecule has 0 saturated carbocycles. The number of carbonyl (C=O) groups excluding carboxylic acids is 2. The van der Waals surface area contributed by atoms with Gasteiger partial charge in [0.1, 0.15) is 5.70 Å². The normalized spacial score (nSPS) is 11.3. The van der Waals surface area contributed by atoms with Crippen LogP contribution in [0.2, 0.25) is 0 Å². The van der Waals surface area contributed by atoms with Crippen LogP contribution < -0.4 is 16.8 Å². The number of hydrogen-bond donors (Lipinski definition) is 3. The highest BCUT2D eigenvalue weighted by Gasteiger charge is 2.07. The summed E-state index contributed by atoms with van der Waals surface area (Å²) in [5.74, 6) is -0.610. The van der Waals surface area contributed by atoms with Crippen molar-refractivity contribution in [2.24, 2.45) is 11.5 Å². The maximum atomic E-state index is 11.1. The van der Waals surface area contributed by atoms with Gasteiger partial charge in [0, 0.05) is 18.3 Å². The van der Waals surface area contributed by atoms with Crippen molar-refractivity contribution < 1.29 is 9.59 Å². The van der Waals surface area contributed by atoms with Gasteiger partial charge in [0.05, 0.1) is 0 Å². The summed E-state index contributed by atoms with van der Waals surface area (Å²) in [6.45, 7) is 0.394. The highest BCUT2D eigenvalue weighted by Crippen LogP contribution is 2.22. The van der Waals surface area contributed by atoms with E-state index in [1.165, 1.54) is 0 Å². The van der Waals surface area contributed by atoms with Crippen LogP contribution in [0.3, 0.4) is 0 Å². The lowest BCUT2D eigenvalue weighted by molar-refractivity contribution is -0.114. The second-order valence-electron chi connectivity index (χ2n) is 4.28. The van der Waals surface area contributed by atoms with Crippen molar-refractivity contribution in [3.05, 3.63) is 59.4 Å². The fourth-order valence-electron chi connectivity index (χ4n) is 2.06. The van der Waals surface area contributed by atoms with Crippen molar-refractivity contribution >= 4 is 23.0 Å². The van der Waals surface area contributed by atoms with Crippen LogP contribution in [0, 0.1) is 0 Å². The van der Waals surface area contributed by atoms with Crippen molar-refractivity contribution in [2.75, 3.05) is 0 Å². The first-order chi connectivity index (χ1) is 9.67. The number of fused-ring (bicyclic) bond motifs is 1. The molecule has 0 aliphatic heterocycles. The van der Waals surface area contributed by atoms with E-state index >= 15 is 0 Å². The maximum absolute atomic E-state index is 11.1. The van der Waals surface area contributed by atoms with Gasteiger partial charge < -0.3 is 16.8 Å². The van der Waals surface area contributed by atoms with Gasteiger partial charge in [0.15, 0.2) is 6.29 Å². The number of nitrogens with two attached hydrogens (primary N) is 2. The van der Waals surface area contributed by atoms with Crippen LogP contribution in [0.1, 0.15) is 15.9 Å². The van der Waals surface area contributed by atoms with E-state index in [2.05, 4.69) is 5.32 Å². The van der Waals surface area contributed by atoms with E-state index in [-0.39, 0.29) is 5.70 Å². The number of benzene rings is 2. The molecule has 0 spiro atoms. The SMILES string of the molecule is N/C=C(\NCc1ccc(C=O)c2ccccc12)C(N)=O. The molecule has 2 rings (SSSR count). The van der Waals surface area contributed by atoms with Crippen LogP contribution in [0.25, 0.3) is 10.8 Å². The number of aldehydes is 1. The Morgan fingerprint density at radius 1 is 1.15 bits per heavy atom. The lowest BCUT2D eigenvalue weighted by Gasteiger charge is -2.11. The summed E-state index contributed by atoms with van der Waals surface area (Å²) in [7, 11) is 0. The van der Waals surface area contributed by atoms with E-state index in [0.717, 1.165) is 28.8 Å². The molecule has 102 valence electrons. The van der Waals surface area contributed by atoms with Crippen LogP contribution in [0.15, 0.2) is 48.3 Å². The molecule has 5 nitrogen and oxygen atoms in total. The third-order valence-electron chi connectivity index (χ3n) is 3.08. The Morgan fingerprint density at radius 3 is 2.45 bits per heavy atom. The van der Waals surface area contributed by atoms with Crippen molar-refractivity contribution in [3.63, 3.8) is 0 Å². The number of carbonyl (C=O) groups is 2. The third kappa shape index (κ3) is 2.61. The van der Waals surface area contributed by atoms with E-state index in [1.54, 1.807) is 6.07 Å². The lowest BCUT2D eigenvalue weighted by Crippen LogP contribution is -2.27. The molecule has 5 heteroatoms. The minimum atomic E-state index is -0.610. The van der Waals surface area contributed by atoms with Gasteiger partial charge in [-0.05, 0) is 16.3 Å². The molecule has 0 bridgehead atoms. The van der Waals surface area contributed by atoms with Crippen LogP contribution in [0.5, 0.6) is 0 Å². The maximum Gasteiger partial charge on any atom is 0.266 e. The average molecular weight is 269 g/mol. The number of amides is 1. The summed E-state index contributed by atoms with van der Waals surface area (Å²) in [6.07, 6.45) is 1.97. The molecule has 20 heavy (non-hydrogen) atoms. The van der Waals surface area contributed by atoms with Gasteiger partial charge in [0.2, 0.25) is 0 Å². The van der Waals surface area contributed by atoms with E-state index < -0.39 is 5.91 Å². The van der Waals surface area contributed by atoms with Crippen molar-refractivity contribution in [1.29, 1.82) is 0 Å². The Balaban J connectivity index is 2.36. The summed E-state index contributed by atoms with van der Waals surface area (Å²) in [5.41, 5.74) is 12.2. The van der Waals surface area contributed by atoms with Gasteiger partial charge in [-0.2, -0.15) is 0 Å². The molecule has 5 N–H and O–H groups in total. The molecule has 0 radical (unpaired) electrons. The summed E-state index contributed by atoms with van der Waals surface area (Å²) >= 11 is 0. The van der Waals surface area contributed by atoms with Crippen LogP contribution in [0.4, 0.5) is 0 Å². The Bertz CT molecular complexity index is 693. The molecular formula is C15H15N3O2. The molecule has 0 saturated heterocycles. The second-order valence-corrected chi connectivity index (χ2v) is 4.28. The Kier molecular flexibility index (Phi) is 4.00. The fourth-order valence-corrected chi connectivity index (χ4v) is 2.06. The summed E-state index contributed by atoms with van der Waals surface area (Å²) < 4.78 is 0. The predicted octanol–water partition coefficient (Wildman–Crippen LogP) is 1.03. The van der Waals surface area contributed by atoms with Crippen molar-refractivity contribution in [3.8, 4) is 0 Å². The molecule has 1 amide bonds. The molecule has 0 aromatic heterocycles. The van der Waals surface area contributed by atoms with E-state index in [4.69, 9.17) is 11.5 Å². The summed E-state index contributed by atoms with van der Waals surface area (Å²) in [6, 6.07) is 11.2. The number of hydrogen-bond acceptors (Lipinski definition) is 4. The lowest BCUT2D eigenvalue weighted by atomic mass is 10.00. The summed E-state index contributed by atoms with van der Waals surface area (Å²) in [5, 5.41) is 4.71. The standard InChI is InChI=1S/C15H15N3O2/c16-7-14(15(17)20)18-8-10-5-6-11(9-19)13-4-2-1-3-12(10)13/h1-7,9,18H,8,16H2,(H2,17,20)/b14-7-. The first-order valence-corrected chi connectivity index (χ1v) is 6.08. The Morgan fingerprint density at radius 2 is 1.85 bits per heavy atom. The van der Waals surface area contributed by atoms with Crippen LogP contribution in [-0.4, -0.2) is 12.2 Å². The highest BCUT2D eigenvalue weighted by molar-refractivity contribution is 5.99. The Labute approximate surface area is 116 Å². The van der Waals surface area contributed by atoms with Gasteiger partial charge in [-0.1, -0.05) is 36.4 Å². The highest BCUT2D eigenvalue weighted by atomic mass is 16.1. The van der Waals surface area contributed by atoms with Crippen LogP contribution >= 0.6 is 0 Å². The molecule has 0 fully saturated rings. The summed E-state index contributed by atoms with van der Waals surface area (Å²) in [4.78, 5) is 22.1. The minimum absolute atomic E-state index is 0.161. The van der Waals surface area contributed by atoms with E-state index in [0.29, 0.717) is 12.1 Å². The minimum Gasteiger partial charge on any atom is -0.403 e. The smallest absolute Gasteiger partial charge is 0.266 e. The van der Waals surface area contributed by atoms with Crippen molar-refractivity contribution in [1.82, 2.24) is 5.32 Å². The molecule has 0 heterocycles. The monoisotopic (exact) mass is 269 g/mol. The topological polar surface area (TPSA) is 98.2 Å². The number of rotatable bonds is 5. The molecule has 0 aliphatic carbocycles. The number of nitrogens with one attached hydrogen (secondary N) is 1. The molecule has 0 aliphatic rings.